The van der Waals surface area contributed by atoms with Gasteiger partial charge in [0.1, 0.15) is 5.75 Å². The van der Waals surface area contributed by atoms with Crippen LogP contribution in [0.4, 0.5) is 0 Å². The van der Waals surface area contributed by atoms with Gasteiger partial charge in [0, 0.05) is 17.8 Å². The van der Waals surface area contributed by atoms with E-state index in [-0.39, 0.29) is 11.7 Å². The van der Waals surface area contributed by atoms with Crippen LogP contribution >= 0.6 is 11.3 Å². The van der Waals surface area contributed by atoms with Gasteiger partial charge in [-0.2, -0.15) is 0 Å². The smallest absolute Gasteiger partial charge is 0.220 e. The molecule has 1 amide bonds. The Morgan fingerprint density at radius 2 is 1.95 bits per heavy atom. The molecule has 1 aromatic carbocycles. The van der Waals surface area contributed by atoms with Crippen LogP contribution in [-0.4, -0.2) is 17.6 Å². The first kappa shape index (κ1) is 14.6. The highest BCUT2D eigenvalue weighted by molar-refractivity contribution is 7.09. The highest BCUT2D eigenvalue weighted by Crippen LogP contribution is 2.12. The average Bonchev–Trinajstić information content (AvgIpc) is 2.94. The monoisotopic (exact) mass is 289 g/mol. The molecule has 1 heterocycles. The molecule has 0 saturated carbocycles. The van der Waals surface area contributed by atoms with Crippen LogP contribution in [0.5, 0.6) is 5.75 Å². The second kappa shape index (κ2) is 7.70. The number of hydrogen-bond acceptors (Lipinski definition) is 3. The molecule has 2 rings (SSSR count). The Morgan fingerprint density at radius 3 is 2.65 bits per heavy atom. The Kier molecular flexibility index (Phi) is 5.62. The number of aromatic hydroxyl groups is 1. The van der Waals surface area contributed by atoms with E-state index in [0.29, 0.717) is 13.0 Å². The lowest BCUT2D eigenvalue weighted by molar-refractivity contribution is -0.121. The zero-order valence-electron chi connectivity index (χ0n) is 11.3. The average molecular weight is 289 g/mol. The number of nitrogens with one attached hydrogen (secondary N) is 1. The van der Waals surface area contributed by atoms with Gasteiger partial charge in [-0.05, 0) is 48.4 Å². The third-order valence-corrected chi connectivity index (χ3v) is 4.02. The summed E-state index contributed by atoms with van der Waals surface area (Å²) in [5.41, 5.74) is 1.11. The minimum Gasteiger partial charge on any atom is -0.508 e. The summed E-state index contributed by atoms with van der Waals surface area (Å²) in [7, 11) is 0. The molecule has 0 saturated heterocycles. The number of carbonyl (C=O) groups excluding carboxylic acids is 1. The van der Waals surface area contributed by atoms with Crippen LogP contribution in [0.1, 0.15) is 23.3 Å². The summed E-state index contributed by atoms with van der Waals surface area (Å²) in [5.74, 6) is 0.381. The van der Waals surface area contributed by atoms with Crippen molar-refractivity contribution in [3.63, 3.8) is 0 Å². The largest absolute Gasteiger partial charge is 0.508 e. The Hall–Kier alpha value is -1.81. The number of benzene rings is 1. The number of carbonyl (C=O) groups is 1. The molecule has 4 heteroatoms. The number of phenols is 1. The summed E-state index contributed by atoms with van der Waals surface area (Å²) in [5, 5.41) is 14.2. The number of amides is 1. The van der Waals surface area contributed by atoms with Gasteiger partial charge >= 0.3 is 0 Å². The fourth-order valence-electron chi connectivity index (χ4n) is 1.98. The normalized spacial score (nSPS) is 10.4. The van der Waals surface area contributed by atoms with Crippen molar-refractivity contribution in [3.8, 4) is 5.75 Å². The van der Waals surface area contributed by atoms with Gasteiger partial charge in [0.15, 0.2) is 0 Å². The molecule has 0 bridgehead atoms. The molecule has 0 radical (unpaired) electrons. The van der Waals surface area contributed by atoms with Crippen molar-refractivity contribution in [2.75, 3.05) is 6.54 Å². The van der Waals surface area contributed by atoms with E-state index in [4.69, 9.17) is 0 Å². The molecule has 0 spiro atoms. The molecule has 0 fully saturated rings. The van der Waals surface area contributed by atoms with Gasteiger partial charge in [-0.1, -0.05) is 18.2 Å². The van der Waals surface area contributed by atoms with Gasteiger partial charge in [0.2, 0.25) is 5.91 Å². The van der Waals surface area contributed by atoms with Crippen molar-refractivity contribution >= 4 is 17.2 Å². The predicted octanol–water partition coefficient (Wildman–Crippen LogP) is 3.14. The van der Waals surface area contributed by atoms with Crippen LogP contribution in [-0.2, 0) is 17.6 Å². The van der Waals surface area contributed by atoms with E-state index >= 15 is 0 Å². The second-order valence-electron chi connectivity index (χ2n) is 4.70. The topological polar surface area (TPSA) is 49.3 Å². The van der Waals surface area contributed by atoms with Gasteiger partial charge in [-0.15, -0.1) is 11.3 Å². The van der Waals surface area contributed by atoms with Crippen molar-refractivity contribution in [2.45, 2.75) is 25.7 Å². The number of aryl methyl sites for hydroxylation is 1. The first-order valence-corrected chi connectivity index (χ1v) is 7.69. The fourth-order valence-corrected chi connectivity index (χ4v) is 2.73. The molecule has 0 unspecified atom stereocenters. The maximum atomic E-state index is 11.7. The van der Waals surface area contributed by atoms with E-state index in [1.165, 1.54) is 4.88 Å². The van der Waals surface area contributed by atoms with Crippen molar-refractivity contribution in [2.24, 2.45) is 0 Å². The van der Waals surface area contributed by atoms with Gasteiger partial charge in [0.05, 0.1) is 0 Å². The van der Waals surface area contributed by atoms with Crippen LogP contribution < -0.4 is 5.32 Å². The zero-order valence-corrected chi connectivity index (χ0v) is 12.2. The predicted molar refractivity (Wildman–Crippen MR) is 82.1 cm³/mol. The highest BCUT2D eigenvalue weighted by Gasteiger charge is 2.02. The minimum atomic E-state index is 0.111. The Labute approximate surface area is 123 Å². The molecule has 106 valence electrons. The highest BCUT2D eigenvalue weighted by atomic mass is 32.1. The molecule has 0 aliphatic rings. The van der Waals surface area contributed by atoms with Crippen LogP contribution in [0.3, 0.4) is 0 Å². The van der Waals surface area contributed by atoms with Gasteiger partial charge in [-0.3, -0.25) is 4.79 Å². The Balaban J connectivity index is 1.59. The van der Waals surface area contributed by atoms with Crippen LogP contribution in [0, 0.1) is 0 Å². The second-order valence-corrected chi connectivity index (χ2v) is 5.73. The standard InChI is InChI=1S/C16H19NO2S/c18-14-8-6-13(7-9-14)10-11-17-16(19)5-1-3-15-4-2-12-20-15/h2,4,6-9,12,18H,1,3,5,10-11H2,(H,17,19). The molecule has 20 heavy (non-hydrogen) atoms. The summed E-state index contributed by atoms with van der Waals surface area (Å²) in [6, 6.07) is 11.2. The molecular weight excluding hydrogens is 270 g/mol. The number of rotatable bonds is 7. The molecule has 0 atom stereocenters. The zero-order chi connectivity index (χ0) is 14.2. The summed E-state index contributed by atoms with van der Waals surface area (Å²) < 4.78 is 0. The first-order valence-electron chi connectivity index (χ1n) is 6.81. The number of phenolic OH excluding ortho intramolecular Hbond substituents is 1. The maximum absolute atomic E-state index is 11.7. The molecule has 0 aliphatic heterocycles. The Morgan fingerprint density at radius 1 is 1.15 bits per heavy atom. The van der Waals surface area contributed by atoms with Crippen LogP contribution in [0.25, 0.3) is 0 Å². The van der Waals surface area contributed by atoms with Crippen molar-refractivity contribution < 1.29 is 9.90 Å². The summed E-state index contributed by atoms with van der Waals surface area (Å²) in [6.07, 6.45) is 3.24. The van der Waals surface area contributed by atoms with E-state index in [9.17, 15) is 9.90 Å². The first-order chi connectivity index (χ1) is 9.74. The molecule has 1 aromatic heterocycles. The summed E-state index contributed by atoms with van der Waals surface area (Å²) in [4.78, 5) is 13.0. The van der Waals surface area contributed by atoms with E-state index in [2.05, 4.69) is 16.8 Å². The molecule has 2 N–H and O–H groups in total. The molecule has 3 nitrogen and oxygen atoms in total. The van der Waals surface area contributed by atoms with Crippen LogP contribution in [0.15, 0.2) is 41.8 Å². The van der Waals surface area contributed by atoms with Gasteiger partial charge < -0.3 is 10.4 Å². The van der Waals surface area contributed by atoms with E-state index in [1.54, 1.807) is 23.5 Å². The third-order valence-electron chi connectivity index (χ3n) is 3.08. The van der Waals surface area contributed by atoms with E-state index in [1.807, 2.05) is 18.2 Å². The van der Waals surface area contributed by atoms with Crippen molar-refractivity contribution in [3.05, 3.63) is 52.2 Å². The van der Waals surface area contributed by atoms with E-state index < -0.39 is 0 Å². The third kappa shape index (κ3) is 5.05. The quantitative estimate of drug-likeness (QED) is 0.822. The maximum Gasteiger partial charge on any atom is 0.220 e. The lowest BCUT2D eigenvalue weighted by atomic mass is 10.1. The molecular formula is C16H19NO2S. The van der Waals surface area contributed by atoms with Gasteiger partial charge in [0.25, 0.3) is 0 Å². The van der Waals surface area contributed by atoms with Crippen molar-refractivity contribution in [1.29, 1.82) is 0 Å². The lowest BCUT2D eigenvalue weighted by Crippen LogP contribution is -2.25. The Bertz CT molecular complexity index is 520. The van der Waals surface area contributed by atoms with E-state index in [0.717, 1.165) is 24.8 Å². The SMILES string of the molecule is O=C(CCCc1cccs1)NCCc1ccc(O)cc1. The van der Waals surface area contributed by atoms with Gasteiger partial charge in [-0.25, -0.2) is 0 Å². The number of hydrogen-bond donors (Lipinski definition) is 2. The molecule has 2 aromatic rings. The minimum absolute atomic E-state index is 0.111. The number of thiophene rings is 1. The molecule has 0 aliphatic carbocycles. The lowest BCUT2D eigenvalue weighted by Gasteiger charge is -2.05. The summed E-state index contributed by atoms with van der Waals surface area (Å²) in [6.45, 7) is 0.641. The fraction of sp³-hybridized carbons (Fsp3) is 0.312. The van der Waals surface area contributed by atoms with Crippen LogP contribution in [0.2, 0.25) is 0 Å². The van der Waals surface area contributed by atoms with Crippen molar-refractivity contribution in [1.82, 2.24) is 5.32 Å². The summed E-state index contributed by atoms with van der Waals surface area (Å²) >= 11 is 1.74.